The molecule has 2 aromatic carbocycles. The van der Waals surface area contributed by atoms with Crippen LogP contribution in [0.25, 0.3) is 0 Å². The van der Waals surface area contributed by atoms with E-state index >= 15 is 0 Å². The number of anilines is 2. The molecule has 2 nitrogen and oxygen atoms in total. The first-order chi connectivity index (χ1) is 12.3. The highest BCUT2D eigenvalue weighted by Gasteiger charge is 2.09. The number of hydrogen-bond donors (Lipinski definition) is 2. The second-order valence-electron chi connectivity index (χ2n) is 7.49. The Morgan fingerprint density at radius 3 is 1.69 bits per heavy atom. The molecule has 0 saturated heterocycles. The SMILES string of the molecule is C=CCC(C)C.CC(C)CC(C)c1ccccc1N.Nc1ccccc1. The standard InChI is InChI=1S/C12H19N.C6H7N.C6H12/c1-9(2)8-10(3)11-6-4-5-7-12(11)13;7-6-4-2-1-3-5-6;1-4-5-6(2)3/h4-7,9-10H,8,13H2,1-3H3;1-5H,7H2;4,6H,1,5H2,2-3H3. The molecule has 0 aliphatic carbocycles. The van der Waals surface area contributed by atoms with E-state index < -0.39 is 0 Å². The van der Waals surface area contributed by atoms with E-state index in [-0.39, 0.29) is 0 Å². The zero-order valence-corrected chi connectivity index (χ0v) is 17.3. The summed E-state index contributed by atoms with van der Waals surface area (Å²) < 4.78 is 0. The summed E-state index contributed by atoms with van der Waals surface area (Å²) in [7, 11) is 0. The van der Waals surface area contributed by atoms with Gasteiger partial charge in [-0.25, -0.2) is 0 Å². The number of benzene rings is 2. The minimum atomic E-state index is 0.571. The van der Waals surface area contributed by atoms with Crippen LogP contribution >= 0.6 is 0 Å². The number of allylic oxidation sites excluding steroid dienone is 1. The zero-order valence-electron chi connectivity index (χ0n) is 17.3. The number of nitrogen functional groups attached to an aromatic ring is 2. The van der Waals surface area contributed by atoms with E-state index in [4.69, 9.17) is 11.5 Å². The van der Waals surface area contributed by atoms with Gasteiger partial charge in [-0.05, 0) is 54.4 Å². The van der Waals surface area contributed by atoms with Crippen molar-refractivity contribution in [3.63, 3.8) is 0 Å². The van der Waals surface area contributed by atoms with Crippen molar-refractivity contribution in [3.05, 3.63) is 72.8 Å². The predicted molar refractivity (Wildman–Crippen MR) is 119 cm³/mol. The molecule has 0 fully saturated rings. The largest absolute Gasteiger partial charge is 0.399 e. The monoisotopic (exact) mass is 354 g/mol. The quantitative estimate of drug-likeness (QED) is 0.453. The molecule has 0 amide bonds. The summed E-state index contributed by atoms with van der Waals surface area (Å²) in [4.78, 5) is 0. The van der Waals surface area contributed by atoms with Crippen molar-refractivity contribution < 1.29 is 0 Å². The van der Waals surface area contributed by atoms with Gasteiger partial charge >= 0.3 is 0 Å². The Kier molecular flexibility index (Phi) is 12.8. The molecule has 0 aromatic heterocycles. The molecule has 0 aliphatic heterocycles. The summed E-state index contributed by atoms with van der Waals surface area (Å²) in [5.74, 6) is 2.08. The van der Waals surface area contributed by atoms with E-state index in [1.165, 1.54) is 12.0 Å². The molecule has 0 heterocycles. The Labute approximate surface area is 161 Å². The second kappa shape index (κ2) is 14.0. The molecule has 2 heteroatoms. The van der Waals surface area contributed by atoms with Crippen molar-refractivity contribution in [3.8, 4) is 0 Å². The van der Waals surface area contributed by atoms with Gasteiger partial charge in [0.1, 0.15) is 0 Å². The van der Waals surface area contributed by atoms with Crippen LogP contribution < -0.4 is 11.5 Å². The normalized spacial score (nSPS) is 11.0. The van der Waals surface area contributed by atoms with Crippen molar-refractivity contribution in [2.75, 3.05) is 11.5 Å². The summed E-state index contributed by atoms with van der Waals surface area (Å²) in [5, 5.41) is 0. The van der Waals surface area contributed by atoms with E-state index in [0.717, 1.165) is 29.6 Å². The van der Waals surface area contributed by atoms with Gasteiger partial charge in [-0.1, -0.05) is 77.1 Å². The molecule has 2 rings (SSSR count). The van der Waals surface area contributed by atoms with Gasteiger partial charge < -0.3 is 11.5 Å². The summed E-state index contributed by atoms with van der Waals surface area (Å²) in [6.07, 6.45) is 4.29. The highest BCUT2D eigenvalue weighted by atomic mass is 14.6. The molecule has 2 aromatic rings. The minimum Gasteiger partial charge on any atom is -0.399 e. The maximum Gasteiger partial charge on any atom is 0.0349 e. The van der Waals surface area contributed by atoms with Crippen molar-refractivity contribution in [1.29, 1.82) is 0 Å². The van der Waals surface area contributed by atoms with E-state index in [1.807, 2.05) is 48.5 Å². The fraction of sp³-hybridized carbons (Fsp3) is 0.417. The van der Waals surface area contributed by atoms with Crippen molar-refractivity contribution in [2.24, 2.45) is 11.8 Å². The van der Waals surface area contributed by atoms with Crippen molar-refractivity contribution >= 4 is 11.4 Å². The molecule has 26 heavy (non-hydrogen) atoms. The first kappa shape index (κ1) is 23.8. The first-order valence-electron chi connectivity index (χ1n) is 9.53. The fourth-order valence-electron chi connectivity index (χ4n) is 2.58. The molecule has 0 radical (unpaired) electrons. The smallest absolute Gasteiger partial charge is 0.0349 e. The molecule has 0 bridgehead atoms. The van der Waals surface area contributed by atoms with Gasteiger partial charge in [0, 0.05) is 11.4 Å². The van der Waals surface area contributed by atoms with Crippen LogP contribution in [0, 0.1) is 11.8 Å². The van der Waals surface area contributed by atoms with Gasteiger partial charge in [-0.3, -0.25) is 0 Å². The van der Waals surface area contributed by atoms with Crippen LogP contribution in [0.1, 0.15) is 58.9 Å². The average Bonchev–Trinajstić information content (AvgIpc) is 2.56. The predicted octanol–water partition coefficient (Wildman–Crippen LogP) is 6.91. The van der Waals surface area contributed by atoms with E-state index in [9.17, 15) is 0 Å². The third-order valence-corrected chi connectivity index (χ3v) is 3.79. The molecule has 0 spiro atoms. The lowest BCUT2D eigenvalue weighted by Crippen LogP contribution is -2.02. The van der Waals surface area contributed by atoms with Crippen LogP contribution in [0.4, 0.5) is 11.4 Å². The van der Waals surface area contributed by atoms with Crippen LogP contribution in [-0.4, -0.2) is 0 Å². The van der Waals surface area contributed by atoms with E-state index in [1.54, 1.807) is 0 Å². The zero-order chi connectivity index (χ0) is 19.9. The Morgan fingerprint density at radius 1 is 0.808 bits per heavy atom. The number of rotatable bonds is 5. The Bertz CT molecular complexity index is 588. The summed E-state index contributed by atoms with van der Waals surface area (Å²) in [6.45, 7) is 14.7. The third-order valence-electron chi connectivity index (χ3n) is 3.79. The minimum absolute atomic E-state index is 0.571. The van der Waals surface area contributed by atoms with Gasteiger partial charge in [0.2, 0.25) is 0 Å². The highest BCUT2D eigenvalue weighted by molar-refractivity contribution is 5.48. The first-order valence-corrected chi connectivity index (χ1v) is 9.53. The van der Waals surface area contributed by atoms with Crippen LogP contribution in [-0.2, 0) is 0 Å². The maximum atomic E-state index is 5.90. The Hall–Kier alpha value is -2.22. The lowest BCUT2D eigenvalue weighted by atomic mass is 9.91. The van der Waals surface area contributed by atoms with Crippen LogP contribution in [0.3, 0.4) is 0 Å². The van der Waals surface area contributed by atoms with Gasteiger partial charge in [0.05, 0.1) is 0 Å². The summed E-state index contributed by atoms with van der Waals surface area (Å²) in [6, 6.07) is 17.6. The number of para-hydroxylation sites is 2. The topological polar surface area (TPSA) is 52.0 Å². The average molecular weight is 355 g/mol. The number of nitrogens with two attached hydrogens (primary N) is 2. The van der Waals surface area contributed by atoms with Gasteiger partial charge in [0.25, 0.3) is 0 Å². The van der Waals surface area contributed by atoms with Crippen molar-refractivity contribution in [1.82, 2.24) is 0 Å². The van der Waals surface area contributed by atoms with Crippen molar-refractivity contribution in [2.45, 2.75) is 53.4 Å². The lowest BCUT2D eigenvalue weighted by molar-refractivity contribution is 0.524. The van der Waals surface area contributed by atoms with Crippen LogP contribution in [0.2, 0.25) is 0 Å². The molecule has 144 valence electrons. The Morgan fingerprint density at radius 2 is 1.35 bits per heavy atom. The molecule has 0 aliphatic rings. The molecule has 1 unspecified atom stereocenters. The second-order valence-corrected chi connectivity index (χ2v) is 7.49. The third kappa shape index (κ3) is 12.2. The van der Waals surface area contributed by atoms with E-state index in [0.29, 0.717) is 5.92 Å². The van der Waals surface area contributed by atoms with Gasteiger partial charge in [-0.15, -0.1) is 6.58 Å². The molecule has 4 N–H and O–H groups in total. The molecular formula is C24H38N2. The van der Waals surface area contributed by atoms with E-state index in [2.05, 4.69) is 53.3 Å². The maximum absolute atomic E-state index is 5.90. The summed E-state index contributed by atoms with van der Waals surface area (Å²) >= 11 is 0. The summed E-state index contributed by atoms with van der Waals surface area (Å²) in [5.41, 5.74) is 14.3. The fourth-order valence-corrected chi connectivity index (χ4v) is 2.58. The molecular weight excluding hydrogens is 316 g/mol. The van der Waals surface area contributed by atoms with Crippen LogP contribution in [0.5, 0.6) is 0 Å². The van der Waals surface area contributed by atoms with Crippen LogP contribution in [0.15, 0.2) is 67.3 Å². The number of hydrogen-bond acceptors (Lipinski definition) is 2. The Balaban J connectivity index is 0.000000405. The highest BCUT2D eigenvalue weighted by Crippen LogP contribution is 2.27. The molecule has 1 atom stereocenters. The lowest BCUT2D eigenvalue weighted by Gasteiger charge is -2.16. The molecule has 0 saturated carbocycles. The van der Waals surface area contributed by atoms with Gasteiger partial charge in [0.15, 0.2) is 0 Å². The van der Waals surface area contributed by atoms with Gasteiger partial charge in [-0.2, -0.15) is 0 Å².